The number of ether oxygens (including phenoxy) is 2. The van der Waals surface area contributed by atoms with Crippen LogP contribution in [0.3, 0.4) is 0 Å². The molecule has 0 aromatic carbocycles. The lowest BCUT2D eigenvalue weighted by Crippen LogP contribution is -2.30. The zero-order chi connectivity index (χ0) is 16.7. The number of halogens is 1. The molecule has 0 aliphatic carbocycles. The van der Waals surface area contributed by atoms with Gasteiger partial charge in [-0.15, -0.1) is 0 Å². The number of pyridine rings is 1. The van der Waals surface area contributed by atoms with Gasteiger partial charge in [-0.2, -0.15) is 0 Å². The summed E-state index contributed by atoms with van der Waals surface area (Å²) in [6.45, 7) is 1.73. The summed E-state index contributed by atoms with van der Waals surface area (Å²) in [6.07, 6.45) is 0.899. The van der Waals surface area contributed by atoms with Gasteiger partial charge in [-0.25, -0.2) is 9.78 Å². The fourth-order valence-corrected chi connectivity index (χ4v) is 1.69. The Kier molecular flexibility index (Phi) is 7.07. The Hall–Kier alpha value is -1.86. The molecule has 0 radical (unpaired) electrons. The number of hydrogen-bond donors (Lipinski definition) is 0. The van der Waals surface area contributed by atoms with Crippen LogP contribution >= 0.6 is 11.6 Å². The zero-order valence-corrected chi connectivity index (χ0v) is 13.8. The lowest BCUT2D eigenvalue weighted by atomic mass is 10.2. The number of nitrogens with zero attached hydrogens (tertiary/aromatic N) is 3. The molecule has 1 rings (SSSR count). The number of carbonyl (C=O) groups is 2. The van der Waals surface area contributed by atoms with Crippen LogP contribution in [0.15, 0.2) is 18.3 Å². The third-order valence-corrected chi connectivity index (χ3v) is 2.65. The summed E-state index contributed by atoms with van der Waals surface area (Å²) < 4.78 is 10.1. The first-order valence-electron chi connectivity index (χ1n) is 6.64. The van der Waals surface area contributed by atoms with Gasteiger partial charge in [-0.05, 0) is 27.1 Å². The molecule has 1 atom stereocenters. The van der Waals surface area contributed by atoms with Crippen molar-refractivity contribution in [3.63, 3.8) is 0 Å². The maximum absolute atomic E-state index is 11.9. The molecule has 122 valence electrons. The first-order chi connectivity index (χ1) is 10.3. The topological polar surface area (TPSA) is 72.0 Å². The molecular weight excluding hydrogens is 310 g/mol. The number of anilines is 1. The Morgan fingerprint density at radius 1 is 1.36 bits per heavy atom. The predicted molar refractivity (Wildman–Crippen MR) is 82.8 cm³/mol. The fourth-order valence-electron chi connectivity index (χ4n) is 1.61. The molecule has 0 bridgehead atoms. The Morgan fingerprint density at radius 3 is 2.64 bits per heavy atom. The molecule has 0 aliphatic rings. The Bertz CT molecular complexity index is 523. The Morgan fingerprint density at radius 2 is 2.05 bits per heavy atom. The second kappa shape index (κ2) is 8.55. The molecule has 0 fully saturated rings. The first-order valence-corrected chi connectivity index (χ1v) is 7.07. The third-order valence-electron chi connectivity index (χ3n) is 2.56. The minimum atomic E-state index is -0.750. The van der Waals surface area contributed by atoms with E-state index in [-0.39, 0.29) is 19.1 Å². The Balaban J connectivity index is 2.77. The van der Waals surface area contributed by atoms with Crippen LogP contribution < -0.4 is 4.90 Å². The van der Waals surface area contributed by atoms with E-state index in [1.807, 2.05) is 0 Å². The van der Waals surface area contributed by atoms with Crippen LogP contribution in [0.2, 0.25) is 0 Å². The van der Waals surface area contributed by atoms with E-state index in [1.54, 1.807) is 31.1 Å². The largest absolute Gasteiger partial charge is 0.460 e. The highest BCUT2D eigenvalue weighted by atomic mass is 35.5. The molecule has 0 saturated carbocycles. The van der Waals surface area contributed by atoms with Crippen LogP contribution in [-0.4, -0.2) is 55.2 Å². The van der Waals surface area contributed by atoms with Gasteiger partial charge in [-0.3, -0.25) is 14.6 Å². The minimum Gasteiger partial charge on any atom is -0.460 e. The summed E-state index contributed by atoms with van der Waals surface area (Å²) in [5.41, 5.74) is -0.156. The number of hydrogen-bond acceptors (Lipinski definition) is 6. The molecule has 0 aliphatic heterocycles. The van der Waals surface area contributed by atoms with E-state index in [4.69, 9.17) is 21.1 Å². The van der Waals surface area contributed by atoms with Crippen LogP contribution in [-0.2, 0) is 20.9 Å². The van der Waals surface area contributed by atoms with E-state index in [9.17, 15) is 9.59 Å². The van der Waals surface area contributed by atoms with Gasteiger partial charge in [0.2, 0.25) is 0 Å². The third kappa shape index (κ3) is 5.87. The van der Waals surface area contributed by atoms with Crippen molar-refractivity contribution >= 4 is 29.5 Å². The van der Waals surface area contributed by atoms with Crippen LogP contribution in [0.4, 0.5) is 10.6 Å². The Labute approximate surface area is 134 Å². The van der Waals surface area contributed by atoms with Crippen LogP contribution in [0.25, 0.3) is 0 Å². The standard InChI is InChI=1S/C14H20ClN3O4/c1-10(15)22-14(20)18(4)13-11(6-5-7-16-13)9-21-12(19)8-17(2)3/h5-7,10H,8-9H2,1-4H3. The molecule has 1 aromatic rings. The van der Waals surface area contributed by atoms with Gasteiger partial charge < -0.3 is 9.47 Å². The van der Waals surface area contributed by atoms with Gasteiger partial charge in [0.25, 0.3) is 0 Å². The molecule has 0 N–H and O–H groups in total. The van der Waals surface area contributed by atoms with Gasteiger partial charge in [0.15, 0.2) is 5.56 Å². The quantitative estimate of drug-likeness (QED) is 0.586. The molecule has 22 heavy (non-hydrogen) atoms. The van der Waals surface area contributed by atoms with Gasteiger partial charge in [0, 0.05) is 18.8 Å². The highest BCUT2D eigenvalue weighted by Crippen LogP contribution is 2.18. The SMILES string of the molecule is CC(Cl)OC(=O)N(C)c1ncccc1COC(=O)CN(C)C. The molecule has 1 amide bonds. The van der Waals surface area contributed by atoms with E-state index >= 15 is 0 Å². The normalized spacial score (nSPS) is 11.9. The van der Waals surface area contributed by atoms with Gasteiger partial charge in [0.05, 0.1) is 6.54 Å². The summed E-state index contributed by atoms with van der Waals surface area (Å²) in [5, 5.41) is 0. The highest BCUT2D eigenvalue weighted by Gasteiger charge is 2.19. The monoisotopic (exact) mass is 329 g/mol. The number of esters is 1. The molecule has 1 heterocycles. The average molecular weight is 330 g/mol. The summed E-state index contributed by atoms with van der Waals surface area (Å²) >= 11 is 5.63. The number of aromatic nitrogens is 1. The van der Waals surface area contributed by atoms with Crippen molar-refractivity contribution in [3.05, 3.63) is 23.9 Å². The lowest BCUT2D eigenvalue weighted by Gasteiger charge is -2.19. The van der Waals surface area contributed by atoms with Crippen molar-refractivity contribution in [2.24, 2.45) is 0 Å². The molecule has 8 heteroatoms. The first kappa shape index (κ1) is 18.2. The number of alkyl halides is 1. The van der Waals surface area contributed by atoms with Crippen molar-refractivity contribution in [3.8, 4) is 0 Å². The number of amides is 1. The van der Waals surface area contributed by atoms with E-state index in [0.717, 1.165) is 0 Å². The summed E-state index contributed by atoms with van der Waals surface area (Å²) in [6, 6.07) is 3.42. The van der Waals surface area contributed by atoms with Gasteiger partial charge in [-0.1, -0.05) is 17.7 Å². The average Bonchev–Trinajstić information content (AvgIpc) is 2.43. The van der Waals surface area contributed by atoms with Crippen LogP contribution in [0, 0.1) is 0 Å². The smallest absolute Gasteiger partial charge is 0.416 e. The lowest BCUT2D eigenvalue weighted by molar-refractivity contribution is -0.145. The van der Waals surface area contributed by atoms with Crippen molar-refractivity contribution < 1.29 is 19.1 Å². The molecule has 1 unspecified atom stereocenters. The molecule has 7 nitrogen and oxygen atoms in total. The number of likely N-dealkylation sites (N-methyl/N-ethyl adjacent to an activating group) is 1. The van der Waals surface area contributed by atoms with E-state index < -0.39 is 11.7 Å². The predicted octanol–water partition coefficient (Wildman–Crippen LogP) is 1.84. The van der Waals surface area contributed by atoms with E-state index in [1.165, 1.54) is 25.1 Å². The second-order valence-electron chi connectivity index (χ2n) is 4.87. The van der Waals surface area contributed by atoms with Crippen molar-refractivity contribution in [1.82, 2.24) is 9.88 Å². The van der Waals surface area contributed by atoms with Gasteiger partial charge >= 0.3 is 12.1 Å². The minimum absolute atomic E-state index is 0.0178. The summed E-state index contributed by atoms with van der Waals surface area (Å²) in [7, 11) is 5.05. The second-order valence-corrected chi connectivity index (χ2v) is 5.48. The van der Waals surface area contributed by atoms with Crippen molar-refractivity contribution in [2.45, 2.75) is 19.1 Å². The summed E-state index contributed by atoms with van der Waals surface area (Å²) in [4.78, 5) is 30.5. The molecular formula is C14H20ClN3O4. The van der Waals surface area contributed by atoms with E-state index in [2.05, 4.69) is 4.98 Å². The van der Waals surface area contributed by atoms with Crippen molar-refractivity contribution in [2.75, 3.05) is 32.6 Å². The maximum Gasteiger partial charge on any atom is 0.416 e. The molecule has 0 spiro atoms. The summed E-state index contributed by atoms with van der Waals surface area (Å²) in [5.74, 6) is -0.0121. The molecule has 0 saturated heterocycles. The maximum atomic E-state index is 11.9. The highest BCUT2D eigenvalue weighted by molar-refractivity contribution is 6.20. The number of carbonyl (C=O) groups excluding carboxylic acids is 2. The van der Waals surface area contributed by atoms with Crippen LogP contribution in [0.5, 0.6) is 0 Å². The number of rotatable bonds is 6. The fraction of sp³-hybridized carbons (Fsp3) is 0.500. The van der Waals surface area contributed by atoms with E-state index in [0.29, 0.717) is 11.4 Å². The van der Waals surface area contributed by atoms with Gasteiger partial charge in [0.1, 0.15) is 12.4 Å². The van der Waals surface area contributed by atoms with Crippen molar-refractivity contribution in [1.29, 1.82) is 0 Å². The van der Waals surface area contributed by atoms with Crippen LogP contribution in [0.1, 0.15) is 12.5 Å². The molecule has 1 aromatic heterocycles. The zero-order valence-electron chi connectivity index (χ0n) is 13.1.